The number of benzene rings is 1. The molecule has 1 rings (SSSR count). The zero-order valence-electron chi connectivity index (χ0n) is 7.98. The minimum atomic E-state index is -1.18. The van der Waals surface area contributed by atoms with Gasteiger partial charge in [-0.1, -0.05) is 0 Å². The van der Waals surface area contributed by atoms with E-state index in [1.807, 2.05) is 0 Å². The second-order valence-corrected chi connectivity index (χ2v) is 2.87. The smallest absolute Gasteiger partial charge is 0.328 e. The number of hydrogen-bond acceptors (Lipinski definition) is 3. The average Bonchev–Trinajstić information content (AvgIpc) is 2.25. The Kier molecular flexibility index (Phi) is 3.51. The Bertz CT molecular complexity index is 515. The lowest BCUT2D eigenvalue weighted by molar-refractivity contribution is -0.131. The van der Waals surface area contributed by atoms with Gasteiger partial charge in [0.05, 0.1) is 5.56 Å². The van der Waals surface area contributed by atoms with Crippen LogP contribution in [0.15, 0.2) is 18.2 Å². The van der Waals surface area contributed by atoms with Crippen LogP contribution in [0.5, 0.6) is 0 Å². The van der Waals surface area contributed by atoms with Crippen LogP contribution in [0.3, 0.4) is 0 Å². The molecular formula is C11H6FNO3. The standard InChI is InChI=1S/C11H6FNO3/c12-10-4-7(1-2-11(15)16)3-8(6-14)9(10)5-13/h1-4,6H,(H,15,16)/b2-1+. The molecule has 80 valence electrons. The molecule has 16 heavy (non-hydrogen) atoms. The van der Waals surface area contributed by atoms with Crippen molar-refractivity contribution in [2.45, 2.75) is 0 Å². The number of carbonyl (C=O) groups excluding carboxylic acids is 1. The highest BCUT2D eigenvalue weighted by atomic mass is 19.1. The van der Waals surface area contributed by atoms with Crippen molar-refractivity contribution in [3.8, 4) is 6.07 Å². The normalized spacial score (nSPS) is 10.0. The van der Waals surface area contributed by atoms with Gasteiger partial charge in [-0.2, -0.15) is 5.26 Å². The van der Waals surface area contributed by atoms with Gasteiger partial charge < -0.3 is 5.11 Å². The second-order valence-electron chi connectivity index (χ2n) is 2.87. The summed E-state index contributed by atoms with van der Waals surface area (Å²) in [6.07, 6.45) is 2.30. The Morgan fingerprint density at radius 1 is 1.50 bits per heavy atom. The van der Waals surface area contributed by atoms with Gasteiger partial charge in [0.2, 0.25) is 0 Å². The van der Waals surface area contributed by atoms with Crippen LogP contribution in [-0.2, 0) is 4.79 Å². The van der Waals surface area contributed by atoms with Crippen LogP contribution < -0.4 is 0 Å². The van der Waals surface area contributed by atoms with Crippen LogP contribution in [0.25, 0.3) is 6.08 Å². The van der Waals surface area contributed by atoms with Crippen LogP contribution in [0.4, 0.5) is 4.39 Å². The average molecular weight is 219 g/mol. The van der Waals surface area contributed by atoms with Gasteiger partial charge in [-0.15, -0.1) is 0 Å². The van der Waals surface area contributed by atoms with E-state index < -0.39 is 11.8 Å². The topological polar surface area (TPSA) is 78.2 Å². The van der Waals surface area contributed by atoms with Gasteiger partial charge in [0.1, 0.15) is 11.9 Å². The fourth-order valence-corrected chi connectivity index (χ4v) is 1.12. The highest BCUT2D eigenvalue weighted by molar-refractivity contribution is 5.86. The van der Waals surface area contributed by atoms with E-state index in [0.29, 0.717) is 6.29 Å². The fraction of sp³-hybridized carbons (Fsp3) is 0. The summed E-state index contributed by atoms with van der Waals surface area (Å²) in [6, 6.07) is 3.80. The summed E-state index contributed by atoms with van der Waals surface area (Å²) in [6.45, 7) is 0. The monoisotopic (exact) mass is 219 g/mol. The molecule has 0 fully saturated rings. The Hall–Kier alpha value is -2.48. The quantitative estimate of drug-likeness (QED) is 0.618. The lowest BCUT2D eigenvalue weighted by atomic mass is 10.0. The van der Waals surface area contributed by atoms with Gasteiger partial charge in [-0.25, -0.2) is 9.18 Å². The van der Waals surface area contributed by atoms with Crippen molar-refractivity contribution < 1.29 is 19.1 Å². The molecule has 0 atom stereocenters. The van der Waals surface area contributed by atoms with Crippen LogP contribution >= 0.6 is 0 Å². The summed E-state index contributed by atoms with van der Waals surface area (Å²) in [5, 5.41) is 16.9. The molecule has 0 aliphatic heterocycles. The van der Waals surface area contributed by atoms with Crippen molar-refractivity contribution in [1.82, 2.24) is 0 Å². The van der Waals surface area contributed by atoms with Gasteiger partial charge in [0, 0.05) is 11.6 Å². The Balaban J connectivity index is 3.27. The van der Waals surface area contributed by atoms with Crippen LogP contribution in [0.2, 0.25) is 0 Å². The van der Waals surface area contributed by atoms with Crippen LogP contribution in [0.1, 0.15) is 21.5 Å². The number of carbonyl (C=O) groups is 2. The van der Waals surface area contributed by atoms with Gasteiger partial charge in [0.25, 0.3) is 0 Å². The molecule has 1 aromatic rings. The van der Waals surface area contributed by atoms with Crippen molar-refractivity contribution in [2.75, 3.05) is 0 Å². The molecule has 0 saturated heterocycles. The van der Waals surface area contributed by atoms with Crippen molar-refractivity contribution in [3.05, 3.63) is 40.7 Å². The van der Waals surface area contributed by atoms with Crippen molar-refractivity contribution >= 4 is 18.3 Å². The molecule has 4 nitrogen and oxygen atoms in total. The Morgan fingerprint density at radius 3 is 2.69 bits per heavy atom. The fourth-order valence-electron chi connectivity index (χ4n) is 1.12. The molecule has 0 amide bonds. The highest BCUT2D eigenvalue weighted by Gasteiger charge is 2.08. The van der Waals surface area contributed by atoms with E-state index in [4.69, 9.17) is 10.4 Å². The third-order valence-corrected chi connectivity index (χ3v) is 1.80. The van der Waals surface area contributed by atoms with Crippen molar-refractivity contribution in [1.29, 1.82) is 5.26 Å². The number of nitriles is 1. The number of aliphatic carboxylic acids is 1. The Morgan fingerprint density at radius 2 is 2.19 bits per heavy atom. The number of aldehydes is 1. The molecule has 5 heteroatoms. The van der Waals surface area contributed by atoms with E-state index in [-0.39, 0.29) is 16.7 Å². The molecule has 0 heterocycles. The predicted octanol–water partition coefficient (Wildman–Crippen LogP) is 1.61. The number of carboxylic acids is 1. The largest absolute Gasteiger partial charge is 0.478 e. The van der Waals surface area contributed by atoms with Crippen LogP contribution in [0, 0.1) is 17.1 Å². The van der Waals surface area contributed by atoms with E-state index in [2.05, 4.69) is 0 Å². The van der Waals surface area contributed by atoms with Crippen molar-refractivity contribution in [3.63, 3.8) is 0 Å². The zero-order valence-corrected chi connectivity index (χ0v) is 7.98. The van der Waals surface area contributed by atoms with Gasteiger partial charge in [0.15, 0.2) is 6.29 Å². The molecule has 0 radical (unpaired) electrons. The van der Waals surface area contributed by atoms with Gasteiger partial charge in [-0.05, 0) is 23.8 Å². The van der Waals surface area contributed by atoms with E-state index in [1.165, 1.54) is 6.07 Å². The molecule has 0 saturated carbocycles. The van der Waals surface area contributed by atoms with E-state index in [9.17, 15) is 14.0 Å². The minimum absolute atomic E-state index is 0.104. The molecular weight excluding hydrogens is 213 g/mol. The Labute approximate surface area is 90.2 Å². The third-order valence-electron chi connectivity index (χ3n) is 1.80. The maximum atomic E-state index is 13.3. The van der Waals surface area contributed by atoms with Crippen molar-refractivity contribution in [2.24, 2.45) is 0 Å². The molecule has 0 aromatic heterocycles. The third kappa shape index (κ3) is 2.51. The maximum Gasteiger partial charge on any atom is 0.328 e. The SMILES string of the molecule is N#Cc1c(F)cc(/C=C/C(=O)O)cc1C=O. The van der Waals surface area contributed by atoms with Gasteiger partial charge in [-0.3, -0.25) is 4.79 Å². The number of carboxylic acid groups (broad SMARTS) is 1. The van der Waals surface area contributed by atoms with Gasteiger partial charge >= 0.3 is 5.97 Å². The summed E-state index contributed by atoms with van der Waals surface area (Å²) in [4.78, 5) is 20.8. The summed E-state index contributed by atoms with van der Waals surface area (Å²) >= 11 is 0. The number of nitrogens with zero attached hydrogens (tertiary/aromatic N) is 1. The molecule has 0 unspecified atom stereocenters. The predicted molar refractivity (Wildman–Crippen MR) is 53.2 cm³/mol. The minimum Gasteiger partial charge on any atom is -0.478 e. The molecule has 1 aromatic carbocycles. The van der Waals surface area contributed by atoms with E-state index in [1.54, 1.807) is 6.07 Å². The molecule has 0 bridgehead atoms. The van der Waals surface area contributed by atoms with E-state index >= 15 is 0 Å². The number of halogens is 1. The second kappa shape index (κ2) is 4.84. The lowest BCUT2D eigenvalue weighted by Crippen LogP contribution is -1.94. The van der Waals surface area contributed by atoms with E-state index in [0.717, 1.165) is 18.2 Å². The zero-order chi connectivity index (χ0) is 12.1. The highest BCUT2D eigenvalue weighted by Crippen LogP contribution is 2.15. The summed E-state index contributed by atoms with van der Waals surface area (Å²) in [5.41, 5.74) is -0.240. The summed E-state index contributed by atoms with van der Waals surface area (Å²) in [5.74, 6) is -2.03. The first-order valence-electron chi connectivity index (χ1n) is 4.18. The first-order valence-corrected chi connectivity index (χ1v) is 4.18. The number of hydrogen-bond donors (Lipinski definition) is 1. The maximum absolute atomic E-state index is 13.3. The summed E-state index contributed by atoms with van der Waals surface area (Å²) in [7, 11) is 0. The molecule has 0 spiro atoms. The number of rotatable bonds is 3. The molecule has 0 aliphatic rings. The lowest BCUT2D eigenvalue weighted by Gasteiger charge is -2.00. The first-order chi connectivity index (χ1) is 7.58. The molecule has 1 N–H and O–H groups in total. The van der Waals surface area contributed by atoms with Crippen LogP contribution in [-0.4, -0.2) is 17.4 Å². The molecule has 0 aliphatic carbocycles. The first kappa shape index (κ1) is 11.6. The summed E-state index contributed by atoms with van der Waals surface area (Å²) < 4.78 is 13.3.